The summed E-state index contributed by atoms with van der Waals surface area (Å²) in [4.78, 5) is 25.1. The second kappa shape index (κ2) is 11.0. The van der Waals surface area contributed by atoms with Crippen molar-refractivity contribution < 1.29 is 9.59 Å². The zero-order valence-electron chi connectivity index (χ0n) is 18.3. The molecule has 5 nitrogen and oxygen atoms in total. The van der Waals surface area contributed by atoms with E-state index in [1.54, 1.807) is 36.4 Å². The van der Waals surface area contributed by atoms with Gasteiger partial charge < -0.3 is 10.6 Å². The van der Waals surface area contributed by atoms with E-state index in [1.807, 2.05) is 72.8 Å². The van der Waals surface area contributed by atoms with E-state index >= 15 is 0 Å². The Morgan fingerprint density at radius 1 is 0.647 bits per heavy atom. The minimum absolute atomic E-state index is 0.152. The van der Waals surface area contributed by atoms with Crippen molar-refractivity contribution in [1.29, 1.82) is 0 Å². The fraction of sp³-hybridized carbons (Fsp3) is 0.0357. The van der Waals surface area contributed by atoms with Crippen LogP contribution in [-0.2, 0) is 6.54 Å². The van der Waals surface area contributed by atoms with Crippen LogP contribution in [0.5, 0.6) is 0 Å². The molecule has 168 valence electrons. The summed E-state index contributed by atoms with van der Waals surface area (Å²) < 4.78 is 0. The van der Waals surface area contributed by atoms with Crippen molar-refractivity contribution in [2.24, 2.45) is 0 Å². The number of hydrogen-bond acceptors (Lipinski definition) is 3. The van der Waals surface area contributed by atoms with E-state index in [0.717, 1.165) is 16.7 Å². The number of nitrogens with one attached hydrogen (secondary N) is 3. The summed E-state index contributed by atoms with van der Waals surface area (Å²) in [5, 5.41) is 8.70. The Kier molecular flexibility index (Phi) is 7.42. The van der Waals surface area contributed by atoms with Crippen LogP contribution in [0.2, 0.25) is 0 Å². The number of carbonyl (C=O) groups is 2. The molecule has 0 radical (unpaired) electrons. The lowest BCUT2D eigenvalue weighted by atomic mass is 10.0. The SMILES string of the molecule is O=C(NCc1ccccc1)c1cccc(NC(=S)NC(=O)c2ccc(-c3ccccc3)cc2)c1. The van der Waals surface area contributed by atoms with Crippen molar-refractivity contribution in [2.45, 2.75) is 6.54 Å². The Balaban J connectivity index is 1.33. The molecule has 4 aromatic carbocycles. The second-order valence-corrected chi connectivity index (χ2v) is 8.01. The molecule has 0 fully saturated rings. The largest absolute Gasteiger partial charge is 0.348 e. The maximum Gasteiger partial charge on any atom is 0.257 e. The predicted octanol–water partition coefficient (Wildman–Crippen LogP) is 5.41. The van der Waals surface area contributed by atoms with Crippen molar-refractivity contribution in [3.63, 3.8) is 0 Å². The van der Waals surface area contributed by atoms with Gasteiger partial charge in [-0.25, -0.2) is 0 Å². The van der Waals surface area contributed by atoms with Gasteiger partial charge in [0.15, 0.2) is 5.11 Å². The van der Waals surface area contributed by atoms with E-state index in [4.69, 9.17) is 12.2 Å². The molecule has 0 saturated heterocycles. The highest BCUT2D eigenvalue weighted by atomic mass is 32.1. The Morgan fingerprint density at radius 2 is 1.29 bits per heavy atom. The Labute approximate surface area is 203 Å². The molecule has 4 aromatic rings. The minimum atomic E-state index is -0.311. The summed E-state index contributed by atoms with van der Waals surface area (Å²) in [5.41, 5.74) is 4.73. The Hall–Kier alpha value is -4.29. The van der Waals surface area contributed by atoms with Gasteiger partial charge in [0, 0.05) is 23.4 Å². The van der Waals surface area contributed by atoms with Crippen LogP contribution < -0.4 is 16.0 Å². The highest BCUT2D eigenvalue weighted by Crippen LogP contribution is 2.19. The number of rotatable bonds is 6. The Morgan fingerprint density at radius 3 is 2.00 bits per heavy atom. The van der Waals surface area contributed by atoms with Gasteiger partial charge in [0.25, 0.3) is 11.8 Å². The molecule has 34 heavy (non-hydrogen) atoms. The standard InChI is InChI=1S/C28H23N3O2S/c32-26(29-19-20-8-3-1-4-9-20)24-12-7-13-25(18-24)30-28(34)31-27(33)23-16-14-22(15-17-23)21-10-5-2-6-11-21/h1-18H,19H2,(H,29,32)(H2,30,31,33,34). The molecule has 0 aromatic heterocycles. The quantitative estimate of drug-likeness (QED) is 0.333. The highest BCUT2D eigenvalue weighted by molar-refractivity contribution is 7.80. The first kappa shape index (κ1) is 22.9. The third-order valence-electron chi connectivity index (χ3n) is 5.16. The van der Waals surface area contributed by atoms with Gasteiger partial charge in [0.05, 0.1) is 0 Å². The molecule has 2 amide bonds. The van der Waals surface area contributed by atoms with Crippen molar-refractivity contribution in [2.75, 3.05) is 5.32 Å². The number of carbonyl (C=O) groups excluding carboxylic acids is 2. The lowest BCUT2D eigenvalue weighted by Crippen LogP contribution is -2.34. The third kappa shape index (κ3) is 6.15. The number of benzene rings is 4. The lowest BCUT2D eigenvalue weighted by Gasteiger charge is -2.11. The lowest BCUT2D eigenvalue weighted by molar-refractivity contribution is 0.0948. The molecule has 3 N–H and O–H groups in total. The fourth-order valence-corrected chi connectivity index (χ4v) is 3.61. The zero-order chi connectivity index (χ0) is 23.8. The molecule has 0 spiro atoms. The van der Waals surface area contributed by atoms with Gasteiger partial charge in [-0.3, -0.25) is 14.9 Å². The van der Waals surface area contributed by atoms with Crippen LogP contribution >= 0.6 is 12.2 Å². The van der Waals surface area contributed by atoms with Gasteiger partial charge in [-0.05, 0) is 59.2 Å². The monoisotopic (exact) mass is 465 g/mol. The highest BCUT2D eigenvalue weighted by Gasteiger charge is 2.10. The first-order valence-electron chi connectivity index (χ1n) is 10.8. The summed E-state index contributed by atoms with van der Waals surface area (Å²) in [7, 11) is 0. The summed E-state index contributed by atoms with van der Waals surface area (Å²) in [6.45, 7) is 0.439. The third-order valence-corrected chi connectivity index (χ3v) is 5.36. The molecular formula is C28H23N3O2S. The van der Waals surface area contributed by atoms with Crippen LogP contribution in [0.1, 0.15) is 26.3 Å². The van der Waals surface area contributed by atoms with E-state index in [1.165, 1.54) is 0 Å². The van der Waals surface area contributed by atoms with Crippen LogP contribution in [0, 0.1) is 0 Å². The molecule has 0 aliphatic carbocycles. The number of hydrogen-bond donors (Lipinski definition) is 3. The van der Waals surface area contributed by atoms with Gasteiger partial charge in [-0.2, -0.15) is 0 Å². The fourth-order valence-electron chi connectivity index (χ4n) is 3.40. The van der Waals surface area contributed by atoms with Crippen LogP contribution in [0.25, 0.3) is 11.1 Å². The van der Waals surface area contributed by atoms with Crippen LogP contribution in [0.3, 0.4) is 0 Å². The molecule has 0 aliphatic heterocycles. The molecule has 0 unspecified atom stereocenters. The van der Waals surface area contributed by atoms with Crippen LogP contribution in [-0.4, -0.2) is 16.9 Å². The van der Waals surface area contributed by atoms with E-state index in [2.05, 4.69) is 16.0 Å². The van der Waals surface area contributed by atoms with Gasteiger partial charge in [-0.1, -0.05) is 78.9 Å². The molecule has 0 atom stereocenters. The average molecular weight is 466 g/mol. The van der Waals surface area contributed by atoms with E-state index in [9.17, 15) is 9.59 Å². The van der Waals surface area contributed by atoms with Gasteiger partial charge in [0.2, 0.25) is 0 Å². The molecule has 0 bridgehead atoms. The average Bonchev–Trinajstić information content (AvgIpc) is 2.88. The maximum atomic E-state index is 12.6. The molecule has 0 saturated carbocycles. The van der Waals surface area contributed by atoms with Gasteiger partial charge in [-0.15, -0.1) is 0 Å². The second-order valence-electron chi connectivity index (χ2n) is 7.60. The molecule has 4 rings (SSSR count). The number of anilines is 1. The maximum absolute atomic E-state index is 12.6. The van der Waals surface area contributed by atoms with E-state index < -0.39 is 0 Å². The van der Waals surface area contributed by atoms with E-state index in [-0.39, 0.29) is 16.9 Å². The summed E-state index contributed by atoms with van der Waals surface area (Å²) in [6, 6.07) is 33.9. The molecule has 6 heteroatoms. The first-order chi connectivity index (χ1) is 16.6. The van der Waals surface area contributed by atoms with Crippen molar-refractivity contribution in [3.05, 3.63) is 126 Å². The minimum Gasteiger partial charge on any atom is -0.348 e. The Bertz CT molecular complexity index is 1290. The van der Waals surface area contributed by atoms with Gasteiger partial charge in [0.1, 0.15) is 0 Å². The van der Waals surface area contributed by atoms with Crippen molar-refractivity contribution in [1.82, 2.24) is 10.6 Å². The zero-order valence-corrected chi connectivity index (χ0v) is 19.1. The van der Waals surface area contributed by atoms with Crippen LogP contribution in [0.4, 0.5) is 5.69 Å². The molecule has 0 aliphatic rings. The summed E-state index contributed by atoms with van der Waals surface area (Å²) >= 11 is 5.30. The predicted molar refractivity (Wildman–Crippen MR) is 140 cm³/mol. The molecule has 0 heterocycles. The summed E-state index contributed by atoms with van der Waals surface area (Å²) in [6.07, 6.45) is 0. The van der Waals surface area contributed by atoms with Crippen molar-refractivity contribution in [3.8, 4) is 11.1 Å². The first-order valence-corrected chi connectivity index (χ1v) is 11.2. The number of amides is 2. The van der Waals surface area contributed by atoms with E-state index in [0.29, 0.717) is 23.4 Å². The summed E-state index contributed by atoms with van der Waals surface area (Å²) in [5.74, 6) is -0.505. The smallest absolute Gasteiger partial charge is 0.257 e. The molecular weight excluding hydrogens is 442 g/mol. The normalized spacial score (nSPS) is 10.2. The topological polar surface area (TPSA) is 70.2 Å². The van der Waals surface area contributed by atoms with Gasteiger partial charge >= 0.3 is 0 Å². The van der Waals surface area contributed by atoms with Crippen LogP contribution in [0.15, 0.2) is 109 Å². The number of thiocarbonyl (C=S) groups is 1. The van der Waals surface area contributed by atoms with Crippen molar-refractivity contribution >= 4 is 34.8 Å².